The molecular weight excluding hydrogens is 400 g/mol. The highest BCUT2D eigenvalue weighted by atomic mass is 35.5. The van der Waals surface area contributed by atoms with Crippen LogP contribution in [0.2, 0.25) is 5.02 Å². The molecule has 3 rings (SSSR count). The molecule has 0 spiro atoms. The summed E-state index contributed by atoms with van der Waals surface area (Å²) in [5.41, 5.74) is 13.4. The maximum absolute atomic E-state index is 13.9. The van der Waals surface area contributed by atoms with Crippen LogP contribution >= 0.6 is 11.6 Å². The number of carbonyl (C=O) groups is 1. The molecule has 2 aromatic rings. The third-order valence-electron chi connectivity index (χ3n) is 4.84. The van der Waals surface area contributed by atoms with E-state index >= 15 is 0 Å². The van der Waals surface area contributed by atoms with E-state index in [0.717, 1.165) is 11.8 Å². The van der Waals surface area contributed by atoms with Crippen LogP contribution in [0.1, 0.15) is 5.56 Å². The Labute approximate surface area is 172 Å². The summed E-state index contributed by atoms with van der Waals surface area (Å²) in [4.78, 5) is 16.3. The maximum Gasteiger partial charge on any atom is 0.321 e. The number of allylic oxidation sites excluding steroid dienone is 1. The number of piperazine rings is 1. The number of benzene rings is 2. The van der Waals surface area contributed by atoms with Crippen LogP contribution in [0.4, 0.5) is 36.3 Å². The lowest BCUT2D eigenvalue weighted by atomic mass is 10.1. The van der Waals surface area contributed by atoms with Crippen molar-refractivity contribution >= 4 is 40.4 Å². The highest BCUT2D eigenvalue weighted by Gasteiger charge is 2.30. The van der Waals surface area contributed by atoms with Crippen LogP contribution in [-0.2, 0) is 5.92 Å². The molecule has 1 aliphatic rings. The first-order valence-corrected chi connectivity index (χ1v) is 9.36. The summed E-state index contributed by atoms with van der Waals surface area (Å²) in [6, 6.07) is 9.05. The molecule has 0 aliphatic carbocycles. The van der Waals surface area contributed by atoms with Crippen molar-refractivity contribution in [3.05, 3.63) is 59.6 Å². The van der Waals surface area contributed by atoms with E-state index in [1.165, 1.54) is 12.1 Å². The molecule has 1 heterocycles. The summed E-state index contributed by atoms with van der Waals surface area (Å²) in [7, 11) is 0. The van der Waals surface area contributed by atoms with E-state index in [2.05, 4.69) is 16.8 Å². The van der Waals surface area contributed by atoms with Crippen LogP contribution < -0.4 is 21.7 Å². The van der Waals surface area contributed by atoms with Crippen molar-refractivity contribution in [1.82, 2.24) is 4.90 Å². The van der Waals surface area contributed by atoms with Gasteiger partial charge in [-0.2, -0.15) is 8.78 Å². The van der Waals surface area contributed by atoms with Gasteiger partial charge in [0.15, 0.2) is 0 Å². The van der Waals surface area contributed by atoms with Gasteiger partial charge in [-0.1, -0.05) is 18.2 Å². The van der Waals surface area contributed by atoms with Crippen molar-refractivity contribution in [2.24, 2.45) is 0 Å². The van der Waals surface area contributed by atoms with Crippen molar-refractivity contribution in [3.63, 3.8) is 0 Å². The summed E-state index contributed by atoms with van der Waals surface area (Å²) in [5.74, 6) is -3.29. The quantitative estimate of drug-likeness (QED) is 0.511. The van der Waals surface area contributed by atoms with Crippen LogP contribution in [0.15, 0.2) is 49.1 Å². The van der Waals surface area contributed by atoms with Gasteiger partial charge in [-0.3, -0.25) is 0 Å². The van der Waals surface area contributed by atoms with Crippen LogP contribution in [0.5, 0.6) is 0 Å². The minimum absolute atomic E-state index is 0.0933. The number of anilines is 4. The highest BCUT2D eigenvalue weighted by molar-refractivity contribution is 6.31. The first-order chi connectivity index (χ1) is 13.7. The lowest BCUT2D eigenvalue weighted by Crippen LogP contribution is -2.50. The molecule has 2 aromatic carbocycles. The van der Waals surface area contributed by atoms with Gasteiger partial charge in [0.1, 0.15) is 0 Å². The number of alkyl halides is 2. The molecule has 0 radical (unpaired) electrons. The molecule has 0 aromatic heterocycles. The zero-order valence-corrected chi connectivity index (χ0v) is 16.4. The Morgan fingerprint density at radius 3 is 2.41 bits per heavy atom. The minimum atomic E-state index is -3.29. The number of nitrogens with one attached hydrogen (secondary N) is 1. The third kappa shape index (κ3) is 4.54. The summed E-state index contributed by atoms with van der Waals surface area (Å²) in [6.45, 7) is 5.29. The zero-order valence-electron chi connectivity index (χ0n) is 15.7. The second kappa shape index (κ2) is 8.16. The van der Waals surface area contributed by atoms with Crippen LogP contribution in [0, 0.1) is 0 Å². The number of carbonyl (C=O) groups excluding carboxylic acids is 1. The molecule has 0 atom stereocenters. The highest BCUT2D eigenvalue weighted by Crippen LogP contribution is 2.36. The van der Waals surface area contributed by atoms with Crippen molar-refractivity contribution in [2.75, 3.05) is 47.9 Å². The summed E-state index contributed by atoms with van der Waals surface area (Å²) in [5, 5.41) is 2.56. The molecule has 154 valence electrons. The number of hydrogen-bond donors (Lipinski definition) is 3. The van der Waals surface area contributed by atoms with E-state index in [0.29, 0.717) is 43.6 Å². The van der Waals surface area contributed by atoms with Crippen LogP contribution in [0.3, 0.4) is 0 Å². The van der Waals surface area contributed by atoms with Gasteiger partial charge in [0.05, 0.1) is 16.4 Å². The average Bonchev–Trinajstić information content (AvgIpc) is 2.71. The van der Waals surface area contributed by atoms with Gasteiger partial charge in [-0.25, -0.2) is 4.79 Å². The molecular formula is C20H22ClF2N5O. The Hall–Kier alpha value is -3.00. The number of urea groups is 1. The number of halogens is 3. The molecule has 5 N–H and O–H groups in total. The van der Waals surface area contributed by atoms with E-state index in [1.54, 1.807) is 17.0 Å². The molecule has 2 amide bonds. The van der Waals surface area contributed by atoms with E-state index in [9.17, 15) is 13.6 Å². The molecule has 0 saturated carbocycles. The zero-order chi connectivity index (χ0) is 21.2. The minimum Gasteiger partial charge on any atom is -0.397 e. The average molecular weight is 422 g/mol. The monoisotopic (exact) mass is 421 g/mol. The van der Waals surface area contributed by atoms with Crippen molar-refractivity contribution in [2.45, 2.75) is 5.92 Å². The summed E-state index contributed by atoms with van der Waals surface area (Å²) >= 11 is 5.87. The van der Waals surface area contributed by atoms with Crippen LogP contribution in [-0.4, -0.2) is 37.1 Å². The topological polar surface area (TPSA) is 87.6 Å². The van der Waals surface area contributed by atoms with Crippen molar-refractivity contribution < 1.29 is 13.6 Å². The van der Waals surface area contributed by atoms with E-state index in [1.807, 2.05) is 6.07 Å². The second-order valence-electron chi connectivity index (χ2n) is 6.74. The number of nitrogens with zero attached hydrogens (tertiary/aromatic N) is 2. The Kier molecular flexibility index (Phi) is 5.83. The van der Waals surface area contributed by atoms with E-state index in [-0.39, 0.29) is 16.7 Å². The van der Waals surface area contributed by atoms with Crippen LogP contribution in [0.25, 0.3) is 0 Å². The van der Waals surface area contributed by atoms with Gasteiger partial charge in [0, 0.05) is 43.1 Å². The number of nitrogen functional groups attached to an aromatic ring is 2. The fourth-order valence-electron chi connectivity index (χ4n) is 3.10. The van der Waals surface area contributed by atoms with E-state index in [4.69, 9.17) is 23.1 Å². The van der Waals surface area contributed by atoms with Gasteiger partial charge in [0.2, 0.25) is 0 Å². The SMILES string of the molecule is C=CC(F)(F)c1cc(NC(=O)N2CCN(c3ccc(N)c(N)c3)CC2)ccc1Cl. The molecule has 1 aliphatic heterocycles. The van der Waals surface area contributed by atoms with Gasteiger partial charge < -0.3 is 26.6 Å². The molecule has 0 bridgehead atoms. The summed E-state index contributed by atoms with van der Waals surface area (Å²) in [6.07, 6.45) is 0.517. The van der Waals surface area contributed by atoms with Gasteiger partial charge >= 0.3 is 6.03 Å². The molecule has 0 unspecified atom stereocenters. The normalized spacial score (nSPS) is 14.6. The standard InChI is InChI=1S/C20H22ClF2N5O/c1-2-20(22,23)15-11-13(3-5-16(15)21)26-19(29)28-9-7-27(8-10-28)14-4-6-17(24)18(25)12-14/h2-6,11-12H,1,7-10,24-25H2,(H,26,29). The Morgan fingerprint density at radius 2 is 1.79 bits per heavy atom. The first kappa shape index (κ1) is 20.7. The molecule has 9 heteroatoms. The first-order valence-electron chi connectivity index (χ1n) is 8.98. The molecule has 29 heavy (non-hydrogen) atoms. The predicted octanol–water partition coefficient (Wildman–Crippen LogP) is 4.14. The maximum atomic E-state index is 13.9. The number of amides is 2. The molecule has 6 nitrogen and oxygen atoms in total. The molecule has 1 fully saturated rings. The van der Waals surface area contributed by atoms with Gasteiger partial charge in [-0.15, -0.1) is 0 Å². The third-order valence-corrected chi connectivity index (χ3v) is 5.17. The fourth-order valence-corrected chi connectivity index (χ4v) is 3.34. The number of rotatable bonds is 4. The van der Waals surface area contributed by atoms with E-state index < -0.39 is 11.5 Å². The van der Waals surface area contributed by atoms with Crippen molar-refractivity contribution in [1.29, 1.82) is 0 Å². The Morgan fingerprint density at radius 1 is 1.10 bits per heavy atom. The fraction of sp³-hybridized carbons (Fsp3) is 0.250. The Balaban J connectivity index is 1.63. The van der Waals surface area contributed by atoms with Gasteiger partial charge in [-0.05, 0) is 42.5 Å². The largest absolute Gasteiger partial charge is 0.397 e. The second-order valence-corrected chi connectivity index (χ2v) is 7.15. The van der Waals surface area contributed by atoms with Gasteiger partial charge in [0.25, 0.3) is 5.92 Å². The van der Waals surface area contributed by atoms with Crippen molar-refractivity contribution in [3.8, 4) is 0 Å². The lowest BCUT2D eigenvalue weighted by Gasteiger charge is -2.36. The smallest absolute Gasteiger partial charge is 0.321 e. The predicted molar refractivity (Wildman–Crippen MR) is 114 cm³/mol. The number of hydrogen-bond acceptors (Lipinski definition) is 4. The Bertz CT molecular complexity index is 929. The lowest BCUT2D eigenvalue weighted by molar-refractivity contribution is 0.0527. The number of nitrogens with two attached hydrogens (primary N) is 2. The summed E-state index contributed by atoms with van der Waals surface area (Å²) < 4.78 is 27.9. The molecule has 1 saturated heterocycles.